The van der Waals surface area contributed by atoms with E-state index in [1.54, 1.807) is 11.8 Å². The smallest absolute Gasteiger partial charge is 0.101 e. The van der Waals surface area contributed by atoms with Crippen LogP contribution in [0.1, 0.15) is 6.42 Å². The van der Waals surface area contributed by atoms with Crippen molar-refractivity contribution in [2.24, 2.45) is 0 Å². The predicted octanol–water partition coefficient (Wildman–Crippen LogP) is 1.91. The third-order valence-corrected chi connectivity index (χ3v) is 2.38. The van der Waals surface area contributed by atoms with E-state index in [1.807, 2.05) is 0 Å². The van der Waals surface area contributed by atoms with Crippen LogP contribution in [-0.4, -0.2) is 19.5 Å². The maximum absolute atomic E-state index is 4.72. The van der Waals surface area contributed by atoms with Crippen molar-refractivity contribution >= 4 is 50.4 Å². The van der Waals surface area contributed by atoms with Crippen molar-refractivity contribution in [2.75, 3.05) is 5.75 Å². The fraction of sp³-hybridized carbons (Fsp3) is 0.750. The summed E-state index contributed by atoms with van der Waals surface area (Å²) in [6.07, 6.45) is 1.16. The standard InChI is InChI=1S/C4H7S3Si/c5-4(6)7-2-1-3-8/h1-3H2,(H,5,6). The van der Waals surface area contributed by atoms with Gasteiger partial charge >= 0.3 is 0 Å². The van der Waals surface area contributed by atoms with Crippen molar-refractivity contribution in [1.29, 1.82) is 0 Å². The summed E-state index contributed by atoms with van der Waals surface area (Å²) in [5.74, 6) is 1.08. The lowest BCUT2D eigenvalue weighted by Gasteiger charge is -1.92. The Labute approximate surface area is 68.6 Å². The Bertz CT molecular complexity index is 73.7. The molecular formula is C4H7S3Si. The SMILES string of the molecule is [Si]CCCSC(=S)S. The molecule has 0 rings (SSSR count). The van der Waals surface area contributed by atoms with Crippen LogP contribution in [0.4, 0.5) is 0 Å². The first-order valence-electron chi connectivity index (χ1n) is 2.27. The quantitative estimate of drug-likeness (QED) is 0.304. The minimum Gasteiger partial charge on any atom is -0.125 e. The van der Waals surface area contributed by atoms with Crippen molar-refractivity contribution in [2.45, 2.75) is 12.5 Å². The molecule has 0 spiro atoms. The molecule has 0 nitrogen and oxygen atoms in total. The second-order valence-electron chi connectivity index (χ2n) is 1.22. The molecule has 0 aliphatic heterocycles. The number of thioether (sulfide) groups is 1. The van der Waals surface area contributed by atoms with E-state index in [2.05, 4.69) is 22.9 Å². The predicted molar refractivity (Wildman–Crippen MR) is 49.2 cm³/mol. The first-order chi connectivity index (χ1) is 3.77. The fourth-order valence-electron chi connectivity index (χ4n) is 0.232. The lowest BCUT2D eigenvalue weighted by atomic mass is 10.6. The number of thiol groups is 1. The van der Waals surface area contributed by atoms with Crippen LogP contribution in [-0.2, 0) is 0 Å². The van der Waals surface area contributed by atoms with Crippen molar-refractivity contribution in [3.8, 4) is 0 Å². The minimum atomic E-state index is 0.741. The van der Waals surface area contributed by atoms with Gasteiger partial charge in [-0.05, 0) is 12.2 Å². The average molecular weight is 179 g/mol. The molecule has 0 aliphatic rings. The van der Waals surface area contributed by atoms with Gasteiger partial charge in [0.25, 0.3) is 0 Å². The molecule has 0 N–H and O–H groups in total. The van der Waals surface area contributed by atoms with Crippen LogP contribution in [0.5, 0.6) is 0 Å². The van der Waals surface area contributed by atoms with Gasteiger partial charge in [-0.1, -0.05) is 18.3 Å². The summed E-state index contributed by atoms with van der Waals surface area (Å²) in [5, 5.41) is 0. The Morgan fingerprint density at radius 2 is 2.38 bits per heavy atom. The van der Waals surface area contributed by atoms with Gasteiger partial charge in [0.2, 0.25) is 0 Å². The van der Waals surface area contributed by atoms with E-state index in [-0.39, 0.29) is 0 Å². The number of rotatable bonds is 3. The summed E-state index contributed by atoms with van der Waals surface area (Å²) < 4.78 is 0.741. The van der Waals surface area contributed by atoms with Crippen LogP contribution < -0.4 is 0 Å². The summed E-state index contributed by atoms with van der Waals surface area (Å²) in [6, 6.07) is 1.05. The molecule has 0 aliphatic carbocycles. The van der Waals surface area contributed by atoms with Crippen molar-refractivity contribution < 1.29 is 0 Å². The Kier molecular flexibility index (Phi) is 6.90. The van der Waals surface area contributed by atoms with E-state index in [1.165, 1.54) is 0 Å². The van der Waals surface area contributed by atoms with Crippen LogP contribution in [0, 0.1) is 0 Å². The average Bonchev–Trinajstić information content (AvgIpc) is 1.66. The molecule has 0 aromatic rings. The third kappa shape index (κ3) is 7.01. The molecule has 0 amide bonds. The van der Waals surface area contributed by atoms with E-state index >= 15 is 0 Å². The van der Waals surface area contributed by atoms with Gasteiger partial charge in [-0.15, -0.1) is 24.4 Å². The minimum absolute atomic E-state index is 0.741. The largest absolute Gasteiger partial charge is 0.125 e. The van der Waals surface area contributed by atoms with E-state index in [0.29, 0.717) is 0 Å². The zero-order valence-electron chi connectivity index (χ0n) is 4.39. The highest BCUT2D eigenvalue weighted by molar-refractivity contribution is 8.41. The van der Waals surface area contributed by atoms with E-state index in [4.69, 9.17) is 12.2 Å². The van der Waals surface area contributed by atoms with Crippen LogP contribution in [0.15, 0.2) is 0 Å². The number of hydrogen-bond acceptors (Lipinski definition) is 2. The second kappa shape index (κ2) is 6.13. The Hall–Kier alpha value is 1.01. The zero-order chi connectivity index (χ0) is 6.41. The molecule has 0 heterocycles. The molecule has 0 atom stereocenters. The molecule has 4 heteroatoms. The maximum atomic E-state index is 4.72. The Balaban J connectivity index is 2.82. The van der Waals surface area contributed by atoms with E-state index < -0.39 is 0 Å². The highest BCUT2D eigenvalue weighted by Gasteiger charge is 1.87. The van der Waals surface area contributed by atoms with Gasteiger partial charge in [-0.3, -0.25) is 0 Å². The Morgan fingerprint density at radius 3 is 2.75 bits per heavy atom. The van der Waals surface area contributed by atoms with Crippen LogP contribution in [0.3, 0.4) is 0 Å². The van der Waals surface area contributed by atoms with E-state index in [9.17, 15) is 0 Å². The van der Waals surface area contributed by atoms with Gasteiger partial charge in [0.1, 0.15) is 3.53 Å². The third-order valence-electron chi connectivity index (χ3n) is 0.547. The molecule has 0 aromatic heterocycles. The first kappa shape index (κ1) is 9.01. The van der Waals surface area contributed by atoms with Crippen molar-refractivity contribution in [1.82, 2.24) is 0 Å². The summed E-state index contributed by atoms with van der Waals surface area (Å²) in [6.45, 7) is 0. The van der Waals surface area contributed by atoms with Crippen molar-refractivity contribution in [3.05, 3.63) is 0 Å². The molecule has 8 heavy (non-hydrogen) atoms. The van der Waals surface area contributed by atoms with Crippen molar-refractivity contribution in [3.63, 3.8) is 0 Å². The monoisotopic (exact) mass is 179 g/mol. The Morgan fingerprint density at radius 1 is 1.75 bits per heavy atom. The molecule has 0 fully saturated rings. The fourth-order valence-corrected chi connectivity index (χ4v) is 1.65. The van der Waals surface area contributed by atoms with Gasteiger partial charge in [0.05, 0.1) is 0 Å². The van der Waals surface area contributed by atoms with Crippen LogP contribution in [0.2, 0.25) is 6.04 Å². The summed E-state index contributed by atoms with van der Waals surface area (Å²) >= 11 is 10.3. The lowest BCUT2D eigenvalue weighted by Crippen LogP contribution is -1.80. The van der Waals surface area contributed by atoms with Gasteiger partial charge in [0.15, 0.2) is 0 Å². The topological polar surface area (TPSA) is 0 Å². The maximum Gasteiger partial charge on any atom is 0.101 e. The van der Waals surface area contributed by atoms with Crippen LogP contribution >= 0.6 is 36.6 Å². The highest BCUT2D eigenvalue weighted by Crippen LogP contribution is 2.09. The number of hydrogen-bond donors (Lipinski definition) is 1. The lowest BCUT2D eigenvalue weighted by molar-refractivity contribution is 1.10. The van der Waals surface area contributed by atoms with Gasteiger partial charge in [-0.2, -0.15) is 0 Å². The van der Waals surface area contributed by atoms with Gasteiger partial charge < -0.3 is 0 Å². The molecule has 0 unspecified atom stereocenters. The zero-order valence-corrected chi connectivity index (χ0v) is 7.91. The molecule has 45 valence electrons. The molecule has 0 bridgehead atoms. The summed E-state index contributed by atoms with van der Waals surface area (Å²) in [5.41, 5.74) is 0. The van der Waals surface area contributed by atoms with Gasteiger partial charge in [0, 0.05) is 10.2 Å². The second-order valence-corrected chi connectivity index (χ2v) is 4.54. The molecule has 3 radical (unpaired) electrons. The molecule has 0 saturated carbocycles. The summed E-state index contributed by atoms with van der Waals surface area (Å²) in [4.78, 5) is 0. The molecule has 0 saturated heterocycles. The number of thiocarbonyl (C=S) groups is 1. The normalized spacial score (nSPS) is 9.25. The summed E-state index contributed by atoms with van der Waals surface area (Å²) in [7, 11) is 3.36. The van der Waals surface area contributed by atoms with E-state index in [0.717, 1.165) is 21.7 Å². The van der Waals surface area contributed by atoms with Crippen LogP contribution in [0.25, 0.3) is 0 Å². The first-order valence-corrected chi connectivity index (χ1v) is 4.82. The van der Waals surface area contributed by atoms with Gasteiger partial charge in [-0.25, -0.2) is 0 Å². The highest BCUT2D eigenvalue weighted by atomic mass is 32.2. The molecular weight excluding hydrogens is 172 g/mol. The molecule has 0 aromatic carbocycles.